The maximum Gasteiger partial charge on any atom is 0.260 e. The lowest BCUT2D eigenvalue weighted by Gasteiger charge is -2.16. The number of ether oxygens (including phenoxy) is 1. The summed E-state index contributed by atoms with van der Waals surface area (Å²) in [6.07, 6.45) is 0. The Bertz CT molecular complexity index is 745. The molecule has 0 fully saturated rings. The lowest BCUT2D eigenvalue weighted by atomic mass is 10.2. The topological polar surface area (TPSA) is 84.7 Å². The van der Waals surface area contributed by atoms with Crippen molar-refractivity contribution < 1.29 is 18.8 Å². The van der Waals surface area contributed by atoms with Gasteiger partial charge in [-0.1, -0.05) is 16.8 Å². The highest BCUT2D eigenvalue weighted by atomic mass is 35.5. The van der Waals surface area contributed by atoms with Gasteiger partial charge < -0.3 is 19.5 Å². The average Bonchev–Trinajstić information content (AvgIpc) is 2.92. The van der Waals surface area contributed by atoms with Crippen LogP contribution in [0.3, 0.4) is 0 Å². The van der Waals surface area contributed by atoms with E-state index in [9.17, 15) is 9.59 Å². The first kappa shape index (κ1) is 17.8. The molecule has 8 heteroatoms. The van der Waals surface area contributed by atoms with Crippen molar-refractivity contribution in [1.82, 2.24) is 10.1 Å². The van der Waals surface area contributed by atoms with Crippen molar-refractivity contribution in [2.24, 2.45) is 0 Å². The van der Waals surface area contributed by atoms with Crippen LogP contribution in [0.5, 0.6) is 5.75 Å². The van der Waals surface area contributed by atoms with Gasteiger partial charge in [0.25, 0.3) is 5.91 Å². The number of hydrogen-bond acceptors (Lipinski definition) is 5. The third-order valence-corrected chi connectivity index (χ3v) is 3.62. The monoisotopic (exact) mass is 351 g/mol. The Morgan fingerprint density at radius 3 is 2.71 bits per heavy atom. The summed E-state index contributed by atoms with van der Waals surface area (Å²) < 4.78 is 10.3. The van der Waals surface area contributed by atoms with E-state index in [2.05, 4.69) is 10.5 Å². The van der Waals surface area contributed by atoms with Crippen molar-refractivity contribution in [3.8, 4) is 5.75 Å². The lowest BCUT2D eigenvalue weighted by Crippen LogP contribution is -2.37. The van der Waals surface area contributed by atoms with Crippen molar-refractivity contribution in [3.05, 3.63) is 40.6 Å². The minimum absolute atomic E-state index is 0.117. The number of aryl methyl sites for hydroxylation is 2. The number of amides is 2. The predicted octanol–water partition coefficient (Wildman–Crippen LogP) is 2.42. The van der Waals surface area contributed by atoms with Gasteiger partial charge in [-0.25, -0.2) is 0 Å². The molecular weight excluding hydrogens is 334 g/mol. The number of hydrogen-bond donors (Lipinski definition) is 1. The molecule has 1 aromatic heterocycles. The van der Waals surface area contributed by atoms with E-state index in [-0.39, 0.29) is 25.0 Å². The predicted molar refractivity (Wildman–Crippen MR) is 89.2 cm³/mol. The highest BCUT2D eigenvalue weighted by Crippen LogP contribution is 2.20. The van der Waals surface area contributed by atoms with Crippen molar-refractivity contribution in [3.63, 3.8) is 0 Å². The van der Waals surface area contributed by atoms with E-state index in [1.807, 2.05) is 6.92 Å². The Morgan fingerprint density at radius 1 is 1.33 bits per heavy atom. The van der Waals surface area contributed by atoms with Gasteiger partial charge in [0.2, 0.25) is 5.91 Å². The largest absolute Gasteiger partial charge is 0.484 e. The summed E-state index contributed by atoms with van der Waals surface area (Å²) in [5.74, 6) is 0.740. The molecule has 0 aliphatic heterocycles. The molecular formula is C16H18ClN3O4. The van der Waals surface area contributed by atoms with Crippen molar-refractivity contribution in [2.75, 3.05) is 25.5 Å². The van der Waals surface area contributed by atoms with E-state index in [0.717, 1.165) is 5.56 Å². The second-order valence-corrected chi connectivity index (χ2v) is 5.73. The minimum Gasteiger partial charge on any atom is -0.484 e. The number of carbonyl (C=O) groups is 2. The van der Waals surface area contributed by atoms with Gasteiger partial charge in [-0.15, -0.1) is 0 Å². The van der Waals surface area contributed by atoms with Crippen LogP contribution < -0.4 is 10.1 Å². The fraction of sp³-hybridized carbons (Fsp3) is 0.312. The minimum atomic E-state index is -0.374. The van der Waals surface area contributed by atoms with Gasteiger partial charge in [-0.05, 0) is 37.6 Å². The summed E-state index contributed by atoms with van der Waals surface area (Å²) in [6.45, 7) is 3.27. The van der Waals surface area contributed by atoms with Gasteiger partial charge in [-0.3, -0.25) is 9.59 Å². The summed E-state index contributed by atoms with van der Waals surface area (Å²) in [4.78, 5) is 25.1. The zero-order valence-electron chi connectivity index (χ0n) is 13.6. The van der Waals surface area contributed by atoms with Gasteiger partial charge in [0.05, 0.1) is 6.54 Å². The highest BCUT2D eigenvalue weighted by Gasteiger charge is 2.15. The van der Waals surface area contributed by atoms with Crippen LogP contribution in [0, 0.1) is 13.8 Å². The van der Waals surface area contributed by atoms with Gasteiger partial charge >= 0.3 is 0 Å². The molecule has 0 aliphatic carbocycles. The molecule has 7 nitrogen and oxygen atoms in total. The molecule has 128 valence electrons. The third kappa shape index (κ3) is 4.99. The molecule has 0 spiro atoms. The molecule has 0 saturated heterocycles. The molecule has 1 N–H and O–H groups in total. The summed E-state index contributed by atoms with van der Waals surface area (Å²) in [5.41, 5.74) is 0.859. The molecule has 0 aliphatic rings. The van der Waals surface area contributed by atoms with Crippen molar-refractivity contribution in [2.45, 2.75) is 13.8 Å². The van der Waals surface area contributed by atoms with E-state index in [1.54, 1.807) is 31.2 Å². The maximum absolute atomic E-state index is 12.0. The van der Waals surface area contributed by atoms with E-state index >= 15 is 0 Å². The lowest BCUT2D eigenvalue weighted by molar-refractivity contribution is -0.135. The number of anilines is 1. The maximum atomic E-state index is 12.0. The zero-order chi connectivity index (χ0) is 17.7. The van der Waals surface area contributed by atoms with E-state index in [4.69, 9.17) is 20.9 Å². The smallest absolute Gasteiger partial charge is 0.260 e. The average molecular weight is 352 g/mol. The standard InChI is InChI=1S/C16H18ClN3O4/c1-10-6-12(4-5-13(10)17)23-9-16(22)20(3)8-15(21)18-14-7-11(2)24-19-14/h4-7H,8-9H2,1-3H3,(H,18,19,21). The molecule has 2 aromatic rings. The van der Waals surface area contributed by atoms with Crippen LogP contribution >= 0.6 is 11.6 Å². The molecule has 0 unspecified atom stereocenters. The number of nitrogens with zero attached hydrogens (tertiary/aromatic N) is 2. The van der Waals surface area contributed by atoms with E-state index in [0.29, 0.717) is 22.4 Å². The summed E-state index contributed by atoms with van der Waals surface area (Å²) in [7, 11) is 1.52. The Balaban J connectivity index is 1.80. The first-order valence-corrected chi connectivity index (χ1v) is 7.59. The molecule has 0 atom stereocenters. The van der Waals surface area contributed by atoms with Crippen LogP contribution in [0.15, 0.2) is 28.8 Å². The van der Waals surface area contributed by atoms with Gasteiger partial charge in [0.15, 0.2) is 12.4 Å². The quantitative estimate of drug-likeness (QED) is 0.864. The van der Waals surface area contributed by atoms with Crippen LogP contribution in [0.4, 0.5) is 5.82 Å². The molecule has 0 bridgehead atoms. The Hall–Kier alpha value is -2.54. The first-order chi connectivity index (χ1) is 11.3. The van der Waals surface area contributed by atoms with Crippen LogP contribution in [0.25, 0.3) is 0 Å². The number of likely N-dealkylation sites (N-methyl/N-ethyl adjacent to an activating group) is 1. The number of nitrogens with one attached hydrogen (secondary N) is 1. The summed E-state index contributed by atoms with van der Waals surface area (Å²) >= 11 is 5.93. The molecule has 2 rings (SSSR count). The second-order valence-electron chi connectivity index (χ2n) is 5.32. The fourth-order valence-corrected chi connectivity index (χ4v) is 1.99. The third-order valence-electron chi connectivity index (χ3n) is 3.19. The zero-order valence-corrected chi connectivity index (χ0v) is 14.4. The normalized spacial score (nSPS) is 10.3. The van der Waals surface area contributed by atoms with E-state index < -0.39 is 0 Å². The molecule has 0 radical (unpaired) electrons. The molecule has 2 amide bonds. The number of carbonyl (C=O) groups excluding carboxylic acids is 2. The second kappa shape index (κ2) is 7.83. The Morgan fingerprint density at radius 2 is 2.08 bits per heavy atom. The number of aromatic nitrogens is 1. The SMILES string of the molecule is Cc1cc(NC(=O)CN(C)C(=O)COc2ccc(Cl)c(C)c2)no1. The number of benzene rings is 1. The van der Waals surface area contributed by atoms with Crippen LogP contribution in [-0.2, 0) is 9.59 Å². The van der Waals surface area contributed by atoms with Gasteiger partial charge in [0, 0.05) is 18.1 Å². The highest BCUT2D eigenvalue weighted by molar-refractivity contribution is 6.31. The molecule has 24 heavy (non-hydrogen) atoms. The first-order valence-electron chi connectivity index (χ1n) is 7.21. The van der Waals surface area contributed by atoms with Crippen LogP contribution in [-0.4, -0.2) is 42.1 Å². The number of rotatable bonds is 6. The van der Waals surface area contributed by atoms with Crippen molar-refractivity contribution in [1.29, 1.82) is 0 Å². The van der Waals surface area contributed by atoms with Crippen LogP contribution in [0.1, 0.15) is 11.3 Å². The molecule has 1 aromatic carbocycles. The Labute approximate surface area is 144 Å². The fourth-order valence-electron chi connectivity index (χ4n) is 1.87. The van der Waals surface area contributed by atoms with Crippen molar-refractivity contribution >= 4 is 29.2 Å². The van der Waals surface area contributed by atoms with Gasteiger partial charge in [0.1, 0.15) is 11.5 Å². The Kier molecular flexibility index (Phi) is 5.81. The van der Waals surface area contributed by atoms with Gasteiger partial charge in [-0.2, -0.15) is 0 Å². The van der Waals surface area contributed by atoms with Crippen LogP contribution in [0.2, 0.25) is 5.02 Å². The number of halogens is 1. The molecule has 0 saturated carbocycles. The van der Waals surface area contributed by atoms with E-state index in [1.165, 1.54) is 11.9 Å². The molecule has 1 heterocycles. The summed E-state index contributed by atoms with van der Waals surface area (Å²) in [6, 6.07) is 6.72. The summed E-state index contributed by atoms with van der Waals surface area (Å²) in [5, 5.41) is 6.83.